The van der Waals surface area contributed by atoms with Crippen LogP contribution in [0.4, 0.5) is 0 Å². The van der Waals surface area contributed by atoms with Gasteiger partial charge in [-0.15, -0.1) is 0 Å². The van der Waals surface area contributed by atoms with Crippen LogP contribution >= 0.6 is 0 Å². The summed E-state index contributed by atoms with van der Waals surface area (Å²) in [4.78, 5) is 14.0. The number of rotatable bonds is 3. The zero-order valence-corrected chi connectivity index (χ0v) is 11.8. The summed E-state index contributed by atoms with van der Waals surface area (Å²) < 4.78 is 0. The first-order valence-electron chi connectivity index (χ1n) is 7.07. The summed E-state index contributed by atoms with van der Waals surface area (Å²) in [7, 11) is 1.82. The zero-order chi connectivity index (χ0) is 13.8. The number of hydrogen-bond acceptors (Lipinski definition) is 2. The Morgan fingerprint density at radius 3 is 2.79 bits per heavy atom. The molecule has 1 aliphatic carbocycles. The fourth-order valence-corrected chi connectivity index (χ4v) is 2.85. The largest absolute Gasteiger partial charge is 0.391 e. The summed E-state index contributed by atoms with van der Waals surface area (Å²) >= 11 is 0. The highest BCUT2D eigenvalue weighted by Gasteiger charge is 2.29. The maximum atomic E-state index is 12.3. The normalized spacial score (nSPS) is 23.1. The molecule has 3 nitrogen and oxygen atoms in total. The van der Waals surface area contributed by atoms with Gasteiger partial charge in [-0.3, -0.25) is 4.79 Å². The summed E-state index contributed by atoms with van der Waals surface area (Å²) in [5, 5.41) is 10.0. The minimum absolute atomic E-state index is 0.00828. The molecule has 1 N–H and O–H groups in total. The lowest BCUT2D eigenvalue weighted by Gasteiger charge is -2.35. The number of aliphatic hydroxyl groups is 1. The van der Waals surface area contributed by atoms with Crippen LogP contribution in [0.25, 0.3) is 0 Å². The van der Waals surface area contributed by atoms with Crippen molar-refractivity contribution in [1.29, 1.82) is 0 Å². The molecule has 1 aromatic carbocycles. The molecule has 0 spiro atoms. The zero-order valence-electron chi connectivity index (χ0n) is 11.8. The molecule has 2 rings (SSSR count). The van der Waals surface area contributed by atoms with Crippen LogP contribution in [0.5, 0.6) is 0 Å². The Labute approximate surface area is 115 Å². The average molecular weight is 261 g/mol. The first kappa shape index (κ1) is 14.1. The van der Waals surface area contributed by atoms with Crippen molar-refractivity contribution in [3.8, 4) is 0 Å². The molecule has 1 amide bonds. The van der Waals surface area contributed by atoms with Crippen LogP contribution in [-0.2, 0) is 11.2 Å². The van der Waals surface area contributed by atoms with Crippen LogP contribution in [0.1, 0.15) is 36.8 Å². The highest BCUT2D eigenvalue weighted by molar-refractivity contribution is 5.79. The van der Waals surface area contributed by atoms with Crippen LogP contribution in [0.3, 0.4) is 0 Å². The second kappa shape index (κ2) is 6.20. The van der Waals surface area contributed by atoms with E-state index < -0.39 is 0 Å². The number of nitrogens with zero attached hydrogens (tertiary/aromatic N) is 1. The van der Waals surface area contributed by atoms with E-state index in [2.05, 4.69) is 0 Å². The van der Waals surface area contributed by atoms with Crippen LogP contribution in [-0.4, -0.2) is 35.1 Å². The van der Waals surface area contributed by atoms with Crippen LogP contribution in [0, 0.1) is 6.92 Å². The third-order valence-electron chi connectivity index (χ3n) is 4.02. The van der Waals surface area contributed by atoms with E-state index in [1.807, 2.05) is 38.2 Å². The van der Waals surface area contributed by atoms with Gasteiger partial charge < -0.3 is 10.0 Å². The molecule has 2 unspecified atom stereocenters. The van der Waals surface area contributed by atoms with Gasteiger partial charge in [0.15, 0.2) is 0 Å². The van der Waals surface area contributed by atoms with E-state index in [1.54, 1.807) is 4.90 Å². The molecule has 0 heterocycles. The Morgan fingerprint density at radius 2 is 2.11 bits per heavy atom. The van der Waals surface area contributed by atoms with E-state index in [0.717, 1.165) is 31.2 Å². The second-order valence-electron chi connectivity index (χ2n) is 5.59. The lowest BCUT2D eigenvalue weighted by Crippen LogP contribution is -2.46. The Kier molecular flexibility index (Phi) is 4.59. The highest BCUT2D eigenvalue weighted by Crippen LogP contribution is 2.23. The maximum Gasteiger partial charge on any atom is 0.227 e. The molecule has 0 aromatic heterocycles. The molecule has 3 heteroatoms. The summed E-state index contributed by atoms with van der Waals surface area (Å²) in [5.41, 5.74) is 2.22. The predicted molar refractivity (Wildman–Crippen MR) is 75.9 cm³/mol. The molecule has 1 saturated carbocycles. The predicted octanol–water partition coefficient (Wildman–Crippen LogP) is 2.30. The highest BCUT2D eigenvalue weighted by atomic mass is 16.3. The van der Waals surface area contributed by atoms with E-state index in [9.17, 15) is 9.90 Å². The third kappa shape index (κ3) is 3.57. The Bertz CT molecular complexity index is 444. The van der Waals surface area contributed by atoms with Crippen molar-refractivity contribution in [1.82, 2.24) is 4.90 Å². The smallest absolute Gasteiger partial charge is 0.227 e. The lowest BCUT2D eigenvalue weighted by atomic mass is 9.91. The second-order valence-corrected chi connectivity index (χ2v) is 5.59. The first-order valence-corrected chi connectivity index (χ1v) is 7.07. The van der Waals surface area contributed by atoms with Crippen LogP contribution in [0.2, 0.25) is 0 Å². The van der Waals surface area contributed by atoms with Gasteiger partial charge in [0, 0.05) is 7.05 Å². The van der Waals surface area contributed by atoms with E-state index in [4.69, 9.17) is 0 Å². The number of amides is 1. The fourth-order valence-electron chi connectivity index (χ4n) is 2.85. The van der Waals surface area contributed by atoms with Gasteiger partial charge in [0.2, 0.25) is 5.91 Å². The number of hydrogen-bond donors (Lipinski definition) is 1. The molecule has 1 aromatic rings. The average Bonchev–Trinajstić information content (AvgIpc) is 2.38. The van der Waals surface area contributed by atoms with Gasteiger partial charge in [0.1, 0.15) is 0 Å². The maximum absolute atomic E-state index is 12.3. The number of aryl methyl sites for hydroxylation is 1. The summed E-state index contributed by atoms with van der Waals surface area (Å²) in [6, 6.07) is 8.03. The number of likely N-dealkylation sites (N-methyl/N-ethyl adjacent to an activating group) is 1. The number of carbonyl (C=O) groups is 1. The monoisotopic (exact) mass is 261 g/mol. The van der Waals surface area contributed by atoms with Crippen LogP contribution in [0.15, 0.2) is 24.3 Å². The molecule has 0 bridgehead atoms. The van der Waals surface area contributed by atoms with Crippen molar-refractivity contribution in [2.75, 3.05) is 7.05 Å². The van der Waals surface area contributed by atoms with Crippen molar-refractivity contribution < 1.29 is 9.90 Å². The SMILES string of the molecule is Cc1cccc(CC(=O)N(C)C2CCCCC2O)c1. The van der Waals surface area contributed by atoms with E-state index in [-0.39, 0.29) is 18.1 Å². The van der Waals surface area contributed by atoms with Crippen molar-refractivity contribution in [2.45, 2.75) is 51.2 Å². The summed E-state index contributed by atoms with van der Waals surface area (Å²) in [5.74, 6) is 0.0940. The lowest BCUT2D eigenvalue weighted by molar-refractivity contribution is -0.134. The summed E-state index contributed by atoms with van der Waals surface area (Å²) in [6.45, 7) is 2.03. The van der Waals surface area contributed by atoms with Gasteiger partial charge in [0.25, 0.3) is 0 Å². The van der Waals surface area contributed by atoms with Crippen molar-refractivity contribution in [3.63, 3.8) is 0 Å². The minimum atomic E-state index is -0.361. The third-order valence-corrected chi connectivity index (χ3v) is 4.02. The number of benzene rings is 1. The van der Waals surface area contributed by atoms with E-state index >= 15 is 0 Å². The van der Waals surface area contributed by atoms with Gasteiger partial charge >= 0.3 is 0 Å². The fraction of sp³-hybridized carbons (Fsp3) is 0.562. The first-order chi connectivity index (χ1) is 9.08. The standard InChI is InChI=1S/C16H23NO2/c1-12-6-5-7-13(10-12)11-16(19)17(2)14-8-3-4-9-15(14)18/h5-7,10,14-15,18H,3-4,8-9,11H2,1-2H3. The molecule has 1 fully saturated rings. The molecule has 104 valence electrons. The molecule has 0 saturated heterocycles. The van der Waals surface area contributed by atoms with Crippen molar-refractivity contribution in [3.05, 3.63) is 35.4 Å². The Morgan fingerprint density at radius 1 is 1.37 bits per heavy atom. The topological polar surface area (TPSA) is 40.5 Å². The molecule has 1 aliphatic rings. The Hall–Kier alpha value is -1.35. The van der Waals surface area contributed by atoms with Crippen molar-refractivity contribution in [2.24, 2.45) is 0 Å². The van der Waals surface area contributed by atoms with Crippen molar-refractivity contribution >= 4 is 5.91 Å². The Balaban J connectivity index is 1.99. The quantitative estimate of drug-likeness (QED) is 0.907. The number of aliphatic hydroxyl groups excluding tert-OH is 1. The minimum Gasteiger partial charge on any atom is -0.391 e. The number of carbonyl (C=O) groups excluding carboxylic acids is 1. The molecule has 2 atom stereocenters. The van der Waals surface area contributed by atoms with Gasteiger partial charge in [-0.1, -0.05) is 42.7 Å². The van der Waals surface area contributed by atoms with Gasteiger partial charge in [0.05, 0.1) is 18.6 Å². The molecule has 19 heavy (non-hydrogen) atoms. The van der Waals surface area contributed by atoms with E-state index in [0.29, 0.717) is 6.42 Å². The van der Waals surface area contributed by atoms with E-state index in [1.165, 1.54) is 5.56 Å². The van der Waals surface area contributed by atoms with Gasteiger partial charge in [-0.2, -0.15) is 0 Å². The van der Waals surface area contributed by atoms with Gasteiger partial charge in [-0.05, 0) is 25.3 Å². The van der Waals surface area contributed by atoms with Gasteiger partial charge in [-0.25, -0.2) is 0 Å². The molecule has 0 aliphatic heterocycles. The van der Waals surface area contributed by atoms with Crippen LogP contribution < -0.4 is 0 Å². The molecular weight excluding hydrogens is 238 g/mol. The molecule has 0 radical (unpaired) electrons. The summed E-state index contributed by atoms with van der Waals surface area (Å²) in [6.07, 6.45) is 3.95. The molecular formula is C16H23NO2.